The Labute approximate surface area is 109 Å². The zero-order valence-electron chi connectivity index (χ0n) is 11.8. The molecule has 1 N–H and O–H groups in total. The van der Waals surface area contributed by atoms with Crippen LogP contribution in [-0.2, 0) is 9.53 Å². The molecule has 0 spiro atoms. The van der Waals surface area contributed by atoms with Crippen LogP contribution >= 0.6 is 0 Å². The van der Waals surface area contributed by atoms with E-state index in [1.54, 1.807) is 6.08 Å². The molecule has 0 saturated carbocycles. The minimum Gasteiger partial charge on any atom is -0.466 e. The van der Waals surface area contributed by atoms with Gasteiger partial charge in [-0.1, -0.05) is 19.8 Å². The second kappa shape index (κ2) is 7.04. The van der Waals surface area contributed by atoms with Gasteiger partial charge < -0.3 is 9.72 Å². The third-order valence-corrected chi connectivity index (χ3v) is 3.04. The van der Waals surface area contributed by atoms with Gasteiger partial charge in [0, 0.05) is 17.5 Å². The van der Waals surface area contributed by atoms with Gasteiger partial charge in [0.05, 0.1) is 7.11 Å². The van der Waals surface area contributed by atoms with E-state index in [9.17, 15) is 4.79 Å². The van der Waals surface area contributed by atoms with Crippen LogP contribution < -0.4 is 0 Å². The van der Waals surface area contributed by atoms with E-state index in [1.807, 2.05) is 13.8 Å². The molecule has 100 valence electrons. The first-order chi connectivity index (χ1) is 8.58. The van der Waals surface area contributed by atoms with Crippen LogP contribution in [0.5, 0.6) is 0 Å². The number of carbonyl (C=O) groups excluding carboxylic acids is 1. The predicted molar refractivity (Wildman–Crippen MR) is 74.4 cm³/mol. The van der Waals surface area contributed by atoms with Gasteiger partial charge in [-0.15, -0.1) is 0 Å². The molecule has 0 aliphatic heterocycles. The highest BCUT2D eigenvalue weighted by Crippen LogP contribution is 2.25. The van der Waals surface area contributed by atoms with Crippen molar-refractivity contribution in [3.63, 3.8) is 0 Å². The standard InChI is InChI=1S/C15H23NO2/c1-5-6-7-8-13(10-15(17)18-4)14-9-11(2)16-12(14)3/h9-10,16H,5-8H2,1-4H3/b13-10-. The number of nitrogens with one attached hydrogen (secondary N) is 1. The lowest BCUT2D eigenvalue weighted by molar-refractivity contribution is -0.134. The van der Waals surface area contributed by atoms with Gasteiger partial charge in [-0.3, -0.25) is 0 Å². The van der Waals surface area contributed by atoms with Gasteiger partial charge in [0.1, 0.15) is 0 Å². The molecule has 1 aromatic heterocycles. The van der Waals surface area contributed by atoms with E-state index in [1.165, 1.54) is 20.0 Å². The normalized spacial score (nSPS) is 11.7. The van der Waals surface area contributed by atoms with Crippen molar-refractivity contribution < 1.29 is 9.53 Å². The molecule has 1 rings (SSSR count). The SMILES string of the molecule is CCCCC/C(=C/C(=O)OC)c1cc(C)[nH]c1C. The van der Waals surface area contributed by atoms with Crippen LogP contribution in [0.1, 0.15) is 49.6 Å². The molecule has 0 bridgehead atoms. The lowest BCUT2D eigenvalue weighted by atomic mass is 9.99. The third kappa shape index (κ3) is 4.06. The van der Waals surface area contributed by atoms with Gasteiger partial charge in [-0.2, -0.15) is 0 Å². The number of rotatable bonds is 6. The Bertz CT molecular complexity index is 430. The number of hydrogen-bond acceptors (Lipinski definition) is 2. The van der Waals surface area contributed by atoms with Crippen LogP contribution in [0.25, 0.3) is 5.57 Å². The number of ether oxygens (including phenoxy) is 1. The summed E-state index contributed by atoms with van der Waals surface area (Å²) >= 11 is 0. The molecule has 0 saturated heterocycles. The van der Waals surface area contributed by atoms with Gasteiger partial charge in [0.15, 0.2) is 0 Å². The summed E-state index contributed by atoms with van der Waals surface area (Å²) in [5.74, 6) is -0.278. The quantitative estimate of drug-likeness (QED) is 0.474. The second-order valence-electron chi connectivity index (χ2n) is 4.64. The van der Waals surface area contributed by atoms with Crippen LogP contribution in [0.4, 0.5) is 0 Å². The minimum atomic E-state index is -0.278. The number of allylic oxidation sites excluding steroid dienone is 1. The van der Waals surface area contributed by atoms with Crippen molar-refractivity contribution in [2.24, 2.45) is 0 Å². The highest BCUT2D eigenvalue weighted by atomic mass is 16.5. The summed E-state index contributed by atoms with van der Waals surface area (Å²) in [5, 5.41) is 0. The number of carbonyl (C=O) groups is 1. The lowest BCUT2D eigenvalue weighted by Crippen LogP contribution is -1.98. The average molecular weight is 249 g/mol. The van der Waals surface area contributed by atoms with E-state index in [-0.39, 0.29) is 5.97 Å². The van der Waals surface area contributed by atoms with Crippen molar-refractivity contribution in [3.05, 3.63) is 29.1 Å². The molecule has 1 heterocycles. The van der Waals surface area contributed by atoms with Crippen LogP contribution in [0.15, 0.2) is 12.1 Å². The Morgan fingerprint density at radius 1 is 1.39 bits per heavy atom. The Hall–Kier alpha value is -1.51. The fourth-order valence-corrected chi connectivity index (χ4v) is 2.11. The van der Waals surface area contributed by atoms with Crippen LogP contribution in [0.2, 0.25) is 0 Å². The van der Waals surface area contributed by atoms with E-state index in [4.69, 9.17) is 4.74 Å². The number of hydrogen-bond donors (Lipinski definition) is 1. The zero-order valence-corrected chi connectivity index (χ0v) is 11.8. The lowest BCUT2D eigenvalue weighted by Gasteiger charge is -2.06. The maximum absolute atomic E-state index is 11.4. The molecule has 0 amide bonds. The molecule has 0 atom stereocenters. The molecule has 0 fully saturated rings. The monoisotopic (exact) mass is 249 g/mol. The van der Waals surface area contributed by atoms with Crippen molar-refractivity contribution in [3.8, 4) is 0 Å². The van der Waals surface area contributed by atoms with Crippen molar-refractivity contribution in [1.29, 1.82) is 0 Å². The van der Waals surface area contributed by atoms with E-state index in [2.05, 4.69) is 18.0 Å². The largest absolute Gasteiger partial charge is 0.466 e. The van der Waals surface area contributed by atoms with Crippen molar-refractivity contribution in [2.75, 3.05) is 7.11 Å². The molecule has 18 heavy (non-hydrogen) atoms. The van der Waals surface area contributed by atoms with Crippen LogP contribution in [0, 0.1) is 13.8 Å². The van der Waals surface area contributed by atoms with Gasteiger partial charge in [0.25, 0.3) is 0 Å². The van der Waals surface area contributed by atoms with E-state index < -0.39 is 0 Å². The van der Waals surface area contributed by atoms with Gasteiger partial charge in [-0.05, 0) is 43.9 Å². The number of H-pyrrole nitrogens is 1. The molecule has 0 unspecified atom stereocenters. The summed E-state index contributed by atoms with van der Waals surface area (Å²) in [7, 11) is 1.41. The number of methoxy groups -OCH3 is 1. The van der Waals surface area contributed by atoms with E-state index in [0.717, 1.165) is 35.4 Å². The molecule has 0 aromatic carbocycles. The zero-order chi connectivity index (χ0) is 13.5. The Kier molecular flexibility index (Phi) is 5.69. The van der Waals surface area contributed by atoms with Crippen molar-refractivity contribution >= 4 is 11.5 Å². The number of unbranched alkanes of at least 4 members (excludes halogenated alkanes) is 2. The molecule has 3 nitrogen and oxygen atoms in total. The Balaban J connectivity index is 2.93. The number of aromatic nitrogens is 1. The molecule has 0 aliphatic carbocycles. The van der Waals surface area contributed by atoms with Gasteiger partial charge >= 0.3 is 5.97 Å². The number of aromatic amines is 1. The number of aryl methyl sites for hydroxylation is 2. The van der Waals surface area contributed by atoms with Crippen LogP contribution in [-0.4, -0.2) is 18.1 Å². The summed E-state index contributed by atoms with van der Waals surface area (Å²) in [4.78, 5) is 14.7. The summed E-state index contributed by atoms with van der Waals surface area (Å²) in [6.45, 7) is 6.24. The highest BCUT2D eigenvalue weighted by molar-refractivity contribution is 5.91. The summed E-state index contributed by atoms with van der Waals surface area (Å²) in [6, 6.07) is 2.09. The summed E-state index contributed by atoms with van der Waals surface area (Å²) in [6.07, 6.45) is 5.99. The second-order valence-corrected chi connectivity index (χ2v) is 4.64. The summed E-state index contributed by atoms with van der Waals surface area (Å²) < 4.78 is 4.73. The molecule has 1 aromatic rings. The van der Waals surface area contributed by atoms with Gasteiger partial charge in [0.2, 0.25) is 0 Å². The first-order valence-corrected chi connectivity index (χ1v) is 6.53. The van der Waals surface area contributed by atoms with Crippen molar-refractivity contribution in [2.45, 2.75) is 46.5 Å². The number of esters is 1. The fraction of sp³-hybridized carbons (Fsp3) is 0.533. The Morgan fingerprint density at radius 3 is 2.61 bits per heavy atom. The van der Waals surface area contributed by atoms with Crippen molar-refractivity contribution in [1.82, 2.24) is 4.98 Å². The average Bonchev–Trinajstić information content (AvgIpc) is 2.67. The summed E-state index contributed by atoms with van der Waals surface area (Å²) in [5.41, 5.74) is 4.43. The molecule has 0 aliphatic rings. The first-order valence-electron chi connectivity index (χ1n) is 6.53. The maximum Gasteiger partial charge on any atom is 0.330 e. The van der Waals surface area contributed by atoms with E-state index >= 15 is 0 Å². The molecular formula is C15H23NO2. The fourth-order valence-electron chi connectivity index (χ4n) is 2.11. The third-order valence-electron chi connectivity index (χ3n) is 3.04. The topological polar surface area (TPSA) is 42.1 Å². The Morgan fingerprint density at radius 2 is 2.11 bits per heavy atom. The molecular weight excluding hydrogens is 226 g/mol. The van der Waals surface area contributed by atoms with E-state index in [0.29, 0.717) is 0 Å². The van der Waals surface area contributed by atoms with Crippen LogP contribution in [0.3, 0.4) is 0 Å². The highest BCUT2D eigenvalue weighted by Gasteiger charge is 2.10. The molecule has 3 heteroatoms. The smallest absolute Gasteiger partial charge is 0.330 e. The van der Waals surface area contributed by atoms with Gasteiger partial charge in [-0.25, -0.2) is 4.79 Å². The first kappa shape index (κ1) is 14.6. The molecule has 0 radical (unpaired) electrons. The minimum absolute atomic E-state index is 0.278. The maximum atomic E-state index is 11.4. The predicted octanol–water partition coefficient (Wildman–Crippen LogP) is 3.77.